The van der Waals surface area contributed by atoms with Gasteiger partial charge in [-0.1, -0.05) is 30.3 Å². The van der Waals surface area contributed by atoms with Crippen LogP contribution in [0.2, 0.25) is 0 Å². The summed E-state index contributed by atoms with van der Waals surface area (Å²) in [5.41, 5.74) is 8.96. The third-order valence-electron chi connectivity index (χ3n) is 3.31. The van der Waals surface area contributed by atoms with Gasteiger partial charge in [-0.3, -0.25) is 0 Å². The highest BCUT2D eigenvalue weighted by Gasteiger charge is 2.00. The number of nitrogens with zero attached hydrogens (tertiary/aromatic N) is 2. The summed E-state index contributed by atoms with van der Waals surface area (Å²) < 4.78 is 5.65. The van der Waals surface area contributed by atoms with Gasteiger partial charge in [0, 0.05) is 24.5 Å². The maximum absolute atomic E-state index is 8.75. The molecule has 0 saturated carbocycles. The molecule has 0 bridgehead atoms. The molecule has 2 N–H and O–H groups in total. The first-order valence-corrected chi connectivity index (χ1v) is 7.50. The van der Waals surface area contributed by atoms with Crippen molar-refractivity contribution in [3.63, 3.8) is 0 Å². The van der Waals surface area contributed by atoms with Gasteiger partial charge in [0.2, 0.25) is 5.88 Å². The first kappa shape index (κ1) is 15.5. The molecule has 0 amide bonds. The van der Waals surface area contributed by atoms with Crippen molar-refractivity contribution in [2.75, 3.05) is 5.43 Å². The lowest BCUT2D eigenvalue weighted by molar-refractivity contribution is 0.462. The van der Waals surface area contributed by atoms with Crippen LogP contribution in [0.25, 0.3) is 0 Å². The summed E-state index contributed by atoms with van der Waals surface area (Å²) >= 11 is 0. The Morgan fingerprint density at radius 2 is 1.75 bits per heavy atom. The van der Waals surface area contributed by atoms with Crippen LogP contribution < -0.4 is 15.6 Å². The van der Waals surface area contributed by atoms with Gasteiger partial charge in [0.15, 0.2) is 0 Å². The van der Waals surface area contributed by atoms with Crippen LogP contribution in [-0.2, 0) is 6.54 Å². The number of rotatable bonds is 6. The number of anilines is 1. The molecule has 0 radical (unpaired) electrons. The van der Waals surface area contributed by atoms with Gasteiger partial charge in [0.1, 0.15) is 11.8 Å². The highest BCUT2D eigenvalue weighted by molar-refractivity contribution is 5.41. The van der Waals surface area contributed by atoms with E-state index in [1.54, 1.807) is 12.1 Å². The topological polar surface area (TPSA) is 70.0 Å². The number of hydrogen-bond acceptors (Lipinski definition) is 5. The highest BCUT2D eigenvalue weighted by Crippen LogP contribution is 2.19. The lowest BCUT2D eigenvalue weighted by atomic mass is 10.2. The van der Waals surface area contributed by atoms with Crippen molar-refractivity contribution in [1.82, 2.24) is 10.4 Å². The van der Waals surface area contributed by atoms with Gasteiger partial charge >= 0.3 is 0 Å². The normalized spacial score (nSPS) is 9.96. The van der Waals surface area contributed by atoms with Gasteiger partial charge in [-0.05, 0) is 35.9 Å². The molecule has 0 aliphatic rings. The Hall–Kier alpha value is -3.36. The van der Waals surface area contributed by atoms with E-state index >= 15 is 0 Å². The molecular weight excluding hydrogens is 300 g/mol. The molecule has 0 unspecified atom stereocenters. The van der Waals surface area contributed by atoms with Gasteiger partial charge in [-0.25, -0.2) is 10.4 Å². The van der Waals surface area contributed by atoms with Gasteiger partial charge < -0.3 is 10.2 Å². The number of hydrogen-bond donors (Lipinski definition) is 2. The molecule has 0 saturated heterocycles. The summed E-state index contributed by atoms with van der Waals surface area (Å²) in [6.07, 6.45) is 1.49. The minimum atomic E-state index is 0.464. The number of para-hydroxylation sites is 1. The zero-order valence-corrected chi connectivity index (χ0v) is 12.9. The van der Waals surface area contributed by atoms with Crippen molar-refractivity contribution >= 4 is 5.69 Å². The Labute approximate surface area is 140 Å². The molecule has 3 rings (SSSR count). The van der Waals surface area contributed by atoms with Gasteiger partial charge in [0.25, 0.3) is 0 Å². The summed E-state index contributed by atoms with van der Waals surface area (Å²) in [6, 6.07) is 23.1. The van der Waals surface area contributed by atoms with E-state index < -0.39 is 0 Å². The van der Waals surface area contributed by atoms with E-state index in [4.69, 9.17) is 10.00 Å². The minimum absolute atomic E-state index is 0.464. The van der Waals surface area contributed by atoms with Crippen molar-refractivity contribution < 1.29 is 4.74 Å². The second-order valence-electron chi connectivity index (χ2n) is 5.09. The fraction of sp³-hybridized carbons (Fsp3) is 0.0526. The summed E-state index contributed by atoms with van der Waals surface area (Å²) in [7, 11) is 0. The van der Waals surface area contributed by atoms with Crippen LogP contribution in [0.1, 0.15) is 11.1 Å². The average Bonchev–Trinajstić information content (AvgIpc) is 2.65. The maximum Gasteiger partial charge on any atom is 0.219 e. The molecular formula is C19H16N4O. The van der Waals surface area contributed by atoms with Gasteiger partial charge in [0.05, 0.1) is 5.56 Å². The predicted molar refractivity (Wildman–Crippen MR) is 92.4 cm³/mol. The molecule has 1 aromatic heterocycles. The first-order valence-electron chi connectivity index (χ1n) is 7.50. The molecule has 0 fully saturated rings. The number of nitriles is 1. The second kappa shape index (κ2) is 7.77. The van der Waals surface area contributed by atoms with E-state index in [1.807, 2.05) is 60.7 Å². The van der Waals surface area contributed by atoms with Crippen molar-refractivity contribution in [2.45, 2.75) is 6.54 Å². The Bertz CT molecular complexity index is 809. The number of ether oxygens (including phenoxy) is 1. The first-order chi connectivity index (χ1) is 11.8. The van der Waals surface area contributed by atoms with Crippen LogP contribution in [0, 0.1) is 11.3 Å². The highest BCUT2D eigenvalue weighted by atomic mass is 16.5. The number of hydrazine groups is 1. The molecule has 0 aliphatic heterocycles. The lowest BCUT2D eigenvalue weighted by Crippen LogP contribution is -2.20. The van der Waals surface area contributed by atoms with E-state index in [1.165, 1.54) is 6.20 Å². The second-order valence-corrected chi connectivity index (χ2v) is 5.09. The van der Waals surface area contributed by atoms with Crippen molar-refractivity contribution in [2.24, 2.45) is 0 Å². The summed E-state index contributed by atoms with van der Waals surface area (Å²) in [6.45, 7) is 0.685. The molecule has 0 aliphatic carbocycles. The number of nitrogens with one attached hydrogen (secondary N) is 2. The summed E-state index contributed by atoms with van der Waals surface area (Å²) in [5, 5.41) is 8.75. The van der Waals surface area contributed by atoms with Crippen molar-refractivity contribution in [1.29, 1.82) is 5.26 Å². The fourth-order valence-electron chi connectivity index (χ4n) is 2.07. The van der Waals surface area contributed by atoms with E-state index in [0.717, 1.165) is 11.3 Å². The molecule has 0 spiro atoms. The number of pyridine rings is 1. The minimum Gasteiger partial charge on any atom is -0.439 e. The molecule has 0 atom stereocenters. The number of benzene rings is 2. The average molecular weight is 316 g/mol. The maximum atomic E-state index is 8.75. The summed E-state index contributed by atoms with van der Waals surface area (Å²) in [5.74, 6) is 1.16. The molecule has 5 nitrogen and oxygen atoms in total. The van der Waals surface area contributed by atoms with Crippen LogP contribution in [0.3, 0.4) is 0 Å². The van der Waals surface area contributed by atoms with Crippen LogP contribution in [-0.4, -0.2) is 4.98 Å². The van der Waals surface area contributed by atoms with Crippen LogP contribution in [0.5, 0.6) is 11.6 Å². The quantitative estimate of drug-likeness (QED) is 0.676. The van der Waals surface area contributed by atoms with Crippen molar-refractivity contribution in [3.05, 3.63) is 84.1 Å². The third kappa shape index (κ3) is 4.32. The monoisotopic (exact) mass is 316 g/mol. The Morgan fingerprint density at radius 3 is 2.42 bits per heavy atom. The Morgan fingerprint density at radius 1 is 0.958 bits per heavy atom. The van der Waals surface area contributed by atoms with Crippen LogP contribution in [0.4, 0.5) is 5.69 Å². The Kier molecular flexibility index (Phi) is 5.03. The molecule has 2 aromatic carbocycles. The van der Waals surface area contributed by atoms with E-state index in [-0.39, 0.29) is 0 Å². The van der Waals surface area contributed by atoms with Crippen LogP contribution >= 0.6 is 0 Å². The SMILES string of the molecule is N#Cc1ccc(Oc2ccc(CNNc3ccccc3)cc2)nc1. The third-order valence-corrected chi connectivity index (χ3v) is 3.31. The molecule has 1 heterocycles. The molecule has 3 aromatic rings. The molecule has 5 heteroatoms. The predicted octanol–water partition coefficient (Wildman–Crippen LogP) is 3.86. The Balaban J connectivity index is 1.52. The summed E-state index contributed by atoms with van der Waals surface area (Å²) in [4.78, 5) is 4.08. The van der Waals surface area contributed by atoms with E-state index in [0.29, 0.717) is 23.7 Å². The largest absolute Gasteiger partial charge is 0.439 e. The number of aromatic nitrogens is 1. The molecule has 118 valence electrons. The van der Waals surface area contributed by atoms with E-state index in [9.17, 15) is 0 Å². The van der Waals surface area contributed by atoms with Crippen molar-refractivity contribution in [3.8, 4) is 17.7 Å². The lowest BCUT2D eigenvalue weighted by Gasteiger charge is -2.09. The zero-order chi connectivity index (χ0) is 16.6. The smallest absolute Gasteiger partial charge is 0.219 e. The van der Waals surface area contributed by atoms with E-state index in [2.05, 4.69) is 15.8 Å². The fourth-order valence-corrected chi connectivity index (χ4v) is 2.07. The van der Waals surface area contributed by atoms with Crippen LogP contribution in [0.15, 0.2) is 72.9 Å². The zero-order valence-electron chi connectivity index (χ0n) is 12.9. The standard InChI is InChI=1S/C19H16N4O/c20-12-16-8-11-19(21-13-16)24-18-9-6-15(7-10-18)14-22-23-17-4-2-1-3-5-17/h1-11,13,22-23H,14H2. The van der Waals surface area contributed by atoms with Gasteiger partial charge in [-0.2, -0.15) is 5.26 Å². The van der Waals surface area contributed by atoms with Gasteiger partial charge in [-0.15, -0.1) is 0 Å². The molecule has 24 heavy (non-hydrogen) atoms.